The van der Waals surface area contributed by atoms with Crippen molar-refractivity contribution in [2.75, 3.05) is 0 Å². The zero-order chi connectivity index (χ0) is 14.4. The number of nitrogens with zero attached hydrogens (tertiary/aromatic N) is 2. The molecule has 1 amide bonds. The van der Waals surface area contributed by atoms with Crippen LogP contribution in [-0.2, 0) is 17.8 Å². The van der Waals surface area contributed by atoms with E-state index in [9.17, 15) is 14.3 Å². The van der Waals surface area contributed by atoms with E-state index in [2.05, 4.69) is 15.3 Å². The average molecular weight is 275 g/mol. The molecular formula is C14H14FN3O2. The number of halogens is 1. The number of amides is 1. The van der Waals surface area contributed by atoms with E-state index in [1.165, 1.54) is 18.3 Å². The van der Waals surface area contributed by atoms with Gasteiger partial charge in [0.15, 0.2) is 0 Å². The minimum Gasteiger partial charge on any atom is -0.506 e. The minimum absolute atomic E-state index is 0.0436. The molecule has 0 aliphatic heterocycles. The molecular weight excluding hydrogens is 261 g/mol. The minimum atomic E-state index is -0.415. The van der Waals surface area contributed by atoms with Gasteiger partial charge in [0, 0.05) is 18.8 Å². The molecule has 2 N–H and O–H groups in total. The van der Waals surface area contributed by atoms with Gasteiger partial charge >= 0.3 is 0 Å². The number of hydrogen-bond acceptors (Lipinski definition) is 4. The quantitative estimate of drug-likeness (QED) is 0.868. The number of pyridine rings is 2. The molecule has 2 heterocycles. The first-order valence-corrected chi connectivity index (χ1v) is 6.14. The van der Waals surface area contributed by atoms with Crippen LogP contribution >= 0.6 is 0 Å². The lowest BCUT2D eigenvalue weighted by Crippen LogP contribution is -2.23. The third-order valence-corrected chi connectivity index (χ3v) is 2.72. The summed E-state index contributed by atoms with van der Waals surface area (Å²) in [5.74, 6) is -0.567. The normalized spacial score (nSPS) is 10.2. The summed E-state index contributed by atoms with van der Waals surface area (Å²) < 4.78 is 12.9. The summed E-state index contributed by atoms with van der Waals surface area (Å²) in [6, 6.07) is 4.47. The standard InChI is InChI=1S/C14H14FN3O2/c15-11-6-10(7-16-8-11)3-4-14(20)18-9-12-13(19)2-1-5-17-12/h1-2,5-8,19H,3-4,9H2,(H,18,20). The molecule has 2 aromatic rings. The van der Waals surface area contributed by atoms with Crippen LogP contribution in [0.2, 0.25) is 0 Å². The summed E-state index contributed by atoms with van der Waals surface area (Å²) in [6.07, 6.45) is 4.82. The van der Waals surface area contributed by atoms with Crippen LogP contribution < -0.4 is 5.32 Å². The molecule has 6 heteroatoms. The third-order valence-electron chi connectivity index (χ3n) is 2.72. The summed E-state index contributed by atoms with van der Waals surface area (Å²) in [7, 11) is 0. The fourth-order valence-corrected chi connectivity index (χ4v) is 1.69. The highest BCUT2D eigenvalue weighted by Crippen LogP contribution is 2.11. The van der Waals surface area contributed by atoms with Gasteiger partial charge in [-0.05, 0) is 30.2 Å². The van der Waals surface area contributed by atoms with Crippen LogP contribution in [0.4, 0.5) is 4.39 Å². The summed E-state index contributed by atoms with van der Waals surface area (Å²) in [6.45, 7) is 0.160. The average Bonchev–Trinajstić information content (AvgIpc) is 2.44. The Hall–Kier alpha value is -2.50. The molecule has 2 aromatic heterocycles. The van der Waals surface area contributed by atoms with Gasteiger partial charge in [-0.15, -0.1) is 0 Å². The monoisotopic (exact) mass is 275 g/mol. The molecule has 0 atom stereocenters. The predicted molar refractivity (Wildman–Crippen MR) is 70.3 cm³/mol. The first-order valence-electron chi connectivity index (χ1n) is 6.14. The molecule has 0 aliphatic rings. The van der Waals surface area contributed by atoms with Gasteiger partial charge in [0.1, 0.15) is 17.3 Å². The van der Waals surface area contributed by atoms with E-state index in [1.807, 2.05) is 0 Å². The van der Waals surface area contributed by atoms with Gasteiger partial charge in [-0.1, -0.05) is 0 Å². The molecule has 0 unspecified atom stereocenters. The van der Waals surface area contributed by atoms with Crippen LogP contribution in [0.1, 0.15) is 17.7 Å². The van der Waals surface area contributed by atoms with Crippen molar-refractivity contribution in [1.29, 1.82) is 0 Å². The zero-order valence-corrected chi connectivity index (χ0v) is 10.7. The number of rotatable bonds is 5. The number of aryl methyl sites for hydroxylation is 1. The van der Waals surface area contributed by atoms with Gasteiger partial charge in [-0.2, -0.15) is 0 Å². The van der Waals surface area contributed by atoms with Crippen molar-refractivity contribution in [2.45, 2.75) is 19.4 Å². The lowest BCUT2D eigenvalue weighted by Gasteiger charge is -2.06. The Morgan fingerprint density at radius 2 is 2.25 bits per heavy atom. The SMILES string of the molecule is O=C(CCc1cncc(F)c1)NCc1ncccc1O. The topological polar surface area (TPSA) is 75.1 Å². The Labute approximate surface area is 115 Å². The van der Waals surface area contributed by atoms with E-state index in [4.69, 9.17) is 0 Å². The van der Waals surface area contributed by atoms with Crippen molar-refractivity contribution >= 4 is 5.91 Å². The van der Waals surface area contributed by atoms with E-state index in [0.29, 0.717) is 17.7 Å². The van der Waals surface area contributed by atoms with Crippen LogP contribution in [0.15, 0.2) is 36.8 Å². The fraction of sp³-hybridized carbons (Fsp3) is 0.214. The molecule has 0 radical (unpaired) electrons. The maximum absolute atomic E-state index is 12.9. The number of hydrogen-bond donors (Lipinski definition) is 2. The second kappa shape index (κ2) is 6.60. The molecule has 0 bridgehead atoms. The molecule has 0 aromatic carbocycles. The van der Waals surface area contributed by atoms with E-state index in [-0.39, 0.29) is 24.6 Å². The van der Waals surface area contributed by atoms with Crippen LogP contribution in [0.3, 0.4) is 0 Å². The zero-order valence-electron chi connectivity index (χ0n) is 10.7. The number of aromatic nitrogens is 2. The number of carbonyl (C=O) groups is 1. The van der Waals surface area contributed by atoms with Crippen LogP contribution in [0, 0.1) is 5.82 Å². The molecule has 0 aliphatic carbocycles. The van der Waals surface area contributed by atoms with Crippen molar-refractivity contribution in [3.63, 3.8) is 0 Å². The van der Waals surface area contributed by atoms with Gasteiger partial charge < -0.3 is 10.4 Å². The summed E-state index contributed by atoms with van der Waals surface area (Å²) in [5, 5.41) is 12.1. The molecule has 0 fully saturated rings. The van der Waals surface area contributed by atoms with Gasteiger partial charge in [-0.3, -0.25) is 14.8 Å². The summed E-state index contributed by atoms with van der Waals surface area (Å²) in [4.78, 5) is 19.3. The third kappa shape index (κ3) is 4.01. The molecule has 20 heavy (non-hydrogen) atoms. The maximum Gasteiger partial charge on any atom is 0.220 e. The van der Waals surface area contributed by atoms with Gasteiger partial charge in [-0.25, -0.2) is 4.39 Å². The van der Waals surface area contributed by atoms with Crippen LogP contribution in [0.5, 0.6) is 5.75 Å². The van der Waals surface area contributed by atoms with Crippen molar-refractivity contribution in [3.8, 4) is 5.75 Å². The first-order chi connectivity index (χ1) is 9.65. The van der Waals surface area contributed by atoms with Crippen molar-refractivity contribution < 1.29 is 14.3 Å². The highest BCUT2D eigenvalue weighted by molar-refractivity contribution is 5.76. The molecule has 0 saturated carbocycles. The Kier molecular flexibility index (Phi) is 4.60. The molecule has 0 spiro atoms. The predicted octanol–water partition coefficient (Wildman–Crippen LogP) is 1.57. The molecule has 0 saturated heterocycles. The van der Waals surface area contributed by atoms with E-state index >= 15 is 0 Å². The first kappa shape index (κ1) is 13.9. The highest BCUT2D eigenvalue weighted by Gasteiger charge is 2.06. The van der Waals surface area contributed by atoms with Crippen molar-refractivity contribution in [2.24, 2.45) is 0 Å². The smallest absolute Gasteiger partial charge is 0.220 e. The van der Waals surface area contributed by atoms with E-state index in [0.717, 1.165) is 6.20 Å². The summed E-state index contributed by atoms with van der Waals surface area (Å²) >= 11 is 0. The number of nitrogens with one attached hydrogen (secondary N) is 1. The second-order valence-electron chi connectivity index (χ2n) is 4.26. The van der Waals surface area contributed by atoms with E-state index in [1.54, 1.807) is 12.3 Å². The van der Waals surface area contributed by atoms with Gasteiger partial charge in [0.25, 0.3) is 0 Å². The number of aromatic hydroxyl groups is 1. The highest BCUT2D eigenvalue weighted by atomic mass is 19.1. The Balaban J connectivity index is 1.80. The van der Waals surface area contributed by atoms with Crippen LogP contribution in [-0.4, -0.2) is 21.0 Å². The molecule has 5 nitrogen and oxygen atoms in total. The Morgan fingerprint density at radius 1 is 1.40 bits per heavy atom. The number of carbonyl (C=O) groups excluding carboxylic acids is 1. The van der Waals surface area contributed by atoms with Crippen LogP contribution in [0.25, 0.3) is 0 Å². The van der Waals surface area contributed by atoms with Gasteiger partial charge in [0.2, 0.25) is 5.91 Å². The fourth-order valence-electron chi connectivity index (χ4n) is 1.69. The molecule has 104 valence electrons. The Bertz CT molecular complexity index is 604. The van der Waals surface area contributed by atoms with Gasteiger partial charge in [0.05, 0.1) is 12.7 Å². The Morgan fingerprint density at radius 3 is 3.00 bits per heavy atom. The molecule has 2 rings (SSSR count). The van der Waals surface area contributed by atoms with E-state index < -0.39 is 5.82 Å². The van der Waals surface area contributed by atoms with Crippen molar-refractivity contribution in [1.82, 2.24) is 15.3 Å². The lowest BCUT2D eigenvalue weighted by molar-refractivity contribution is -0.121. The maximum atomic E-state index is 12.9. The van der Waals surface area contributed by atoms with Crippen molar-refractivity contribution in [3.05, 3.63) is 53.9 Å². The largest absolute Gasteiger partial charge is 0.506 e. The lowest BCUT2D eigenvalue weighted by atomic mass is 10.1. The second-order valence-corrected chi connectivity index (χ2v) is 4.26. The summed E-state index contributed by atoms with van der Waals surface area (Å²) in [5.41, 5.74) is 1.08.